The van der Waals surface area contributed by atoms with Gasteiger partial charge < -0.3 is 4.90 Å². The second-order valence-corrected chi connectivity index (χ2v) is 4.93. The predicted octanol–water partition coefficient (Wildman–Crippen LogP) is 2.75. The molecule has 0 saturated heterocycles. The standard InChI is InChI=1S/C15H18N2O/c1-17(11-15(18)12-6-2-3-7-12)14-9-5-4-8-13(14)10-16/h4-5,8-9,12H,2-3,6-7,11H2,1H3. The molecule has 1 aliphatic rings. The summed E-state index contributed by atoms with van der Waals surface area (Å²) < 4.78 is 0. The Labute approximate surface area is 108 Å². The van der Waals surface area contributed by atoms with Crippen molar-refractivity contribution in [1.29, 1.82) is 5.26 Å². The fourth-order valence-corrected chi connectivity index (χ4v) is 2.60. The van der Waals surface area contributed by atoms with Crippen LogP contribution < -0.4 is 4.90 Å². The van der Waals surface area contributed by atoms with Gasteiger partial charge in [-0.2, -0.15) is 5.26 Å². The number of Topliss-reactive ketones (excluding diaryl/α,β-unsaturated/α-hetero) is 1. The number of ketones is 1. The number of carbonyl (C=O) groups excluding carboxylic acids is 1. The minimum Gasteiger partial charge on any atom is -0.366 e. The minimum atomic E-state index is 0.238. The van der Waals surface area contributed by atoms with Gasteiger partial charge in [-0.25, -0.2) is 0 Å². The van der Waals surface area contributed by atoms with Crippen LogP contribution in [-0.2, 0) is 4.79 Å². The molecule has 0 aromatic heterocycles. The van der Waals surface area contributed by atoms with E-state index in [0.717, 1.165) is 18.5 Å². The molecule has 0 heterocycles. The molecule has 0 bridgehead atoms. The Bertz CT molecular complexity index is 470. The van der Waals surface area contributed by atoms with Crippen LogP contribution in [0.25, 0.3) is 0 Å². The molecule has 1 aliphatic carbocycles. The van der Waals surface area contributed by atoms with Crippen LogP contribution in [0.3, 0.4) is 0 Å². The number of nitrogens with zero attached hydrogens (tertiary/aromatic N) is 2. The van der Waals surface area contributed by atoms with E-state index < -0.39 is 0 Å². The average Bonchev–Trinajstić information content (AvgIpc) is 2.92. The first kappa shape index (κ1) is 12.6. The Hall–Kier alpha value is -1.82. The first-order valence-corrected chi connectivity index (χ1v) is 6.45. The van der Waals surface area contributed by atoms with Crippen molar-refractivity contribution in [2.75, 3.05) is 18.5 Å². The Morgan fingerprint density at radius 1 is 1.39 bits per heavy atom. The molecule has 1 aromatic carbocycles. The third-order valence-electron chi connectivity index (χ3n) is 3.64. The Morgan fingerprint density at radius 2 is 2.06 bits per heavy atom. The number of nitriles is 1. The molecule has 3 nitrogen and oxygen atoms in total. The average molecular weight is 242 g/mol. The van der Waals surface area contributed by atoms with Gasteiger partial charge in [-0.3, -0.25) is 4.79 Å². The number of hydrogen-bond donors (Lipinski definition) is 0. The van der Waals surface area contributed by atoms with Gasteiger partial charge in [0, 0.05) is 13.0 Å². The first-order valence-electron chi connectivity index (χ1n) is 6.45. The van der Waals surface area contributed by atoms with Gasteiger partial charge in [-0.15, -0.1) is 0 Å². The minimum absolute atomic E-state index is 0.238. The lowest BCUT2D eigenvalue weighted by molar-refractivity contribution is -0.121. The smallest absolute Gasteiger partial charge is 0.155 e. The van der Waals surface area contributed by atoms with Crippen molar-refractivity contribution in [1.82, 2.24) is 0 Å². The summed E-state index contributed by atoms with van der Waals surface area (Å²) >= 11 is 0. The molecule has 94 valence electrons. The van der Waals surface area contributed by atoms with E-state index in [1.807, 2.05) is 30.1 Å². The van der Waals surface area contributed by atoms with Crippen molar-refractivity contribution in [3.63, 3.8) is 0 Å². The number of benzene rings is 1. The molecule has 0 radical (unpaired) electrons. The van der Waals surface area contributed by atoms with Gasteiger partial charge in [0.25, 0.3) is 0 Å². The van der Waals surface area contributed by atoms with Gasteiger partial charge in [0.15, 0.2) is 5.78 Å². The highest BCUT2D eigenvalue weighted by Gasteiger charge is 2.23. The van der Waals surface area contributed by atoms with E-state index in [0.29, 0.717) is 17.9 Å². The van der Waals surface area contributed by atoms with Crippen LogP contribution in [0.1, 0.15) is 31.2 Å². The summed E-state index contributed by atoms with van der Waals surface area (Å²) in [5, 5.41) is 9.05. The van der Waals surface area contributed by atoms with Crippen LogP contribution in [0, 0.1) is 17.2 Å². The van der Waals surface area contributed by atoms with E-state index in [2.05, 4.69) is 6.07 Å². The van der Waals surface area contributed by atoms with Crippen LogP contribution >= 0.6 is 0 Å². The van der Waals surface area contributed by atoms with E-state index >= 15 is 0 Å². The molecule has 1 aromatic rings. The lowest BCUT2D eigenvalue weighted by Gasteiger charge is -2.21. The summed E-state index contributed by atoms with van der Waals surface area (Å²) in [6, 6.07) is 9.58. The number of rotatable bonds is 4. The molecule has 2 rings (SSSR count). The van der Waals surface area contributed by atoms with E-state index in [-0.39, 0.29) is 5.92 Å². The van der Waals surface area contributed by atoms with E-state index in [1.54, 1.807) is 6.07 Å². The highest BCUT2D eigenvalue weighted by atomic mass is 16.1. The second-order valence-electron chi connectivity index (χ2n) is 4.93. The van der Waals surface area contributed by atoms with Gasteiger partial charge in [0.1, 0.15) is 6.07 Å². The number of para-hydroxylation sites is 1. The van der Waals surface area contributed by atoms with E-state index in [1.165, 1.54) is 12.8 Å². The Kier molecular flexibility index (Phi) is 3.99. The number of carbonyl (C=O) groups is 1. The largest absolute Gasteiger partial charge is 0.366 e. The molecule has 0 amide bonds. The fraction of sp³-hybridized carbons (Fsp3) is 0.467. The molecular formula is C15H18N2O. The van der Waals surface area contributed by atoms with Crippen molar-refractivity contribution in [2.24, 2.45) is 5.92 Å². The second kappa shape index (κ2) is 5.68. The van der Waals surface area contributed by atoms with Crippen molar-refractivity contribution in [3.8, 4) is 6.07 Å². The van der Waals surface area contributed by atoms with E-state index in [4.69, 9.17) is 5.26 Å². The van der Waals surface area contributed by atoms with Crippen LogP contribution in [0.2, 0.25) is 0 Å². The number of hydrogen-bond acceptors (Lipinski definition) is 3. The molecule has 0 spiro atoms. The maximum Gasteiger partial charge on any atom is 0.155 e. The third kappa shape index (κ3) is 2.70. The molecule has 0 aliphatic heterocycles. The molecular weight excluding hydrogens is 224 g/mol. The highest BCUT2D eigenvalue weighted by Crippen LogP contribution is 2.26. The van der Waals surface area contributed by atoms with E-state index in [9.17, 15) is 4.79 Å². The van der Waals surface area contributed by atoms with Crippen molar-refractivity contribution in [3.05, 3.63) is 29.8 Å². The SMILES string of the molecule is CN(CC(=O)C1CCCC1)c1ccccc1C#N. The summed E-state index contributed by atoms with van der Waals surface area (Å²) in [5.41, 5.74) is 1.46. The topological polar surface area (TPSA) is 44.1 Å². The number of anilines is 1. The predicted molar refractivity (Wildman–Crippen MR) is 71.4 cm³/mol. The molecule has 0 N–H and O–H groups in total. The third-order valence-corrected chi connectivity index (χ3v) is 3.64. The number of likely N-dealkylation sites (N-methyl/N-ethyl adjacent to an activating group) is 1. The summed E-state index contributed by atoms with van der Waals surface area (Å²) in [5.74, 6) is 0.546. The van der Waals surface area contributed by atoms with Crippen LogP contribution in [0.4, 0.5) is 5.69 Å². The van der Waals surface area contributed by atoms with Crippen molar-refractivity contribution in [2.45, 2.75) is 25.7 Å². The summed E-state index contributed by atoms with van der Waals surface area (Å²) in [6.45, 7) is 0.406. The maximum absolute atomic E-state index is 12.1. The van der Waals surface area contributed by atoms with Crippen molar-refractivity contribution >= 4 is 11.5 Å². The fourth-order valence-electron chi connectivity index (χ4n) is 2.60. The molecule has 3 heteroatoms. The molecule has 1 fully saturated rings. The van der Waals surface area contributed by atoms with Gasteiger partial charge >= 0.3 is 0 Å². The summed E-state index contributed by atoms with van der Waals surface area (Å²) in [6.07, 6.45) is 4.42. The van der Waals surface area contributed by atoms with Gasteiger partial charge in [0.05, 0.1) is 17.8 Å². The van der Waals surface area contributed by atoms with Crippen LogP contribution in [0.5, 0.6) is 0 Å². The van der Waals surface area contributed by atoms with Crippen molar-refractivity contribution < 1.29 is 4.79 Å². The lowest BCUT2D eigenvalue weighted by Crippen LogP contribution is -2.29. The monoisotopic (exact) mass is 242 g/mol. The van der Waals surface area contributed by atoms with Crippen LogP contribution in [-0.4, -0.2) is 19.4 Å². The van der Waals surface area contributed by atoms with Crippen LogP contribution in [0.15, 0.2) is 24.3 Å². The molecule has 0 atom stereocenters. The summed E-state index contributed by atoms with van der Waals surface area (Å²) in [7, 11) is 1.88. The van der Waals surface area contributed by atoms with Gasteiger partial charge in [0.2, 0.25) is 0 Å². The maximum atomic E-state index is 12.1. The zero-order chi connectivity index (χ0) is 13.0. The first-order chi connectivity index (χ1) is 8.72. The molecule has 1 saturated carbocycles. The highest BCUT2D eigenvalue weighted by molar-refractivity contribution is 5.86. The lowest BCUT2D eigenvalue weighted by atomic mass is 10.0. The zero-order valence-electron chi connectivity index (χ0n) is 10.7. The van der Waals surface area contributed by atoms with Gasteiger partial charge in [-0.05, 0) is 25.0 Å². The normalized spacial score (nSPS) is 15.3. The Balaban J connectivity index is 2.05. The zero-order valence-corrected chi connectivity index (χ0v) is 10.7. The molecule has 0 unspecified atom stereocenters. The quantitative estimate of drug-likeness (QED) is 0.815. The summed E-state index contributed by atoms with van der Waals surface area (Å²) in [4.78, 5) is 14.0. The Morgan fingerprint density at radius 3 is 2.72 bits per heavy atom. The van der Waals surface area contributed by atoms with Gasteiger partial charge in [-0.1, -0.05) is 25.0 Å². The molecule has 18 heavy (non-hydrogen) atoms.